The standard InChI is InChI=1S/C20H17N5O/c1-14(16-5-3-2-4-6-16)22-20(26)18-11-12-19(25-24-18)23-17-9-7-15(13-21)8-10-17/h2-12,14H,1H3,(H,22,26)(H,23,25). The number of amides is 1. The molecule has 2 aromatic carbocycles. The fourth-order valence-corrected chi connectivity index (χ4v) is 2.39. The third kappa shape index (κ3) is 4.22. The summed E-state index contributed by atoms with van der Waals surface area (Å²) >= 11 is 0. The number of hydrogen-bond donors (Lipinski definition) is 2. The van der Waals surface area contributed by atoms with Crippen LogP contribution in [-0.4, -0.2) is 16.1 Å². The van der Waals surface area contributed by atoms with E-state index < -0.39 is 0 Å². The molecule has 1 heterocycles. The van der Waals surface area contributed by atoms with E-state index in [4.69, 9.17) is 5.26 Å². The van der Waals surface area contributed by atoms with Crippen LogP contribution in [0, 0.1) is 11.3 Å². The minimum absolute atomic E-state index is 0.123. The lowest BCUT2D eigenvalue weighted by Crippen LogP contribution is -2.27. The van der Waals surface area contributed by atoms with E-state index in [9.17, 15) is 4.79 Å². The van der Waals surface area contributed by atoms with Gasteiger partial charge in [-0.3, -0.25) is 4.79 Å². The maximum Gasteiger partial charge on any atom is 0.272 e. The second kappa shape index (κ2) is 7.90. The quantitative estimate of drug-likeness (QED) is 0.739. The minimum atomic E-state index is -0.279. The Labute approximate surface area is 151 Å². The number of nitrogens with zero attached hydrogens (tertiary/aromatic N) is 3. The topological polar surface area (TPSA) is 90.7 Å². The van der Waals surface area contributed by atoms with Crippen molar-refractivity contribution in [2.75, 3.05) is 5.32 Å². The summed E-state index contributed by atoms with van der Waals surface area (Å²) in [5.74, 6) is 0.237. The lowest BCUT2D eigenvalue weighted by molar-refractivity contribution is 0.0934. The molecule has 2 N–H and O–H groups in total. The normalized spacial score (nSPS) is 11.2. The number of nitriles is 1. The first-order valence-corrected chi connectivity index (χ1v) is 8.12. The summed E-state index contributed by atoms with van der Waals surface area (Å²) < 4.78 is 0. The number of hydrogen-bond acceptors (Lipinski definition) is 5. The molecule has 0 aliphatic carbocycles. The van der Waals surface area contributed by atoms with Crippen LogP contribution in [0.25, 0.3) is 0 Å². The van der Waals surface area contributed by atoms with E-state index in [2.05, 4.69) is 26.9 Å². The molecule has 1 unspecified atom stereocenters. The highest BCUT2D eigenvalue weighted by Crippen LogP contribution is 2.15. The first-order valence-electron chi connectivity index (χ1n) is 8.12. The highest BCUT2D eigenvalue weighted by molar-refractivity contribution is 5.92. The molecule has 0 aliphatic rings. The molecule has 1 amide bonds. The van der Waals surface area contributed by atoms with Gasteiger partial charge in [0.15, 0.2) is 11.5 Å². The second-order valence-corrected chi connectivity index (χ2v) is 5.72. The van der Waals surface area contributed by atoms with Crippen molar-refractivity contribution in [1.82, 2.24) is 15.5 Å². The van der Waals surface area contributed by atoms with Crippen molar-refractivity contribution in [2.45, 2.75) is 13.0 Å². The van der Waals surface area contributed by atoms with Crippen LogP contribution >= 0.6 is 0 Å². The molecular formula is C20H17N5O. The molecule has 0 fully saturated rings. The van der Waals surface area contributed by atoms with Crippen LogP contribution in [0.5, 0.6) is 0 Å². The number of aromatic nitrogens is 2. The third-order valence-electron chi connectivity index (χ3n) is 3.83. The Hall–Kier alpha value is -3.72. The van der Waals surface area contributed by atoms with Crippen molar-refractivity contribution >= 4 is 17.4 Å². The summed E-state index contributed by atoms with van der Waals surface area (Å²) in [4.78, 5) is 12.3. The molecule has 0 spiro atoms. The van der Waals surface area contributed by atoms with Crippen LogP contribution in [0.1, 0.15) is 34.6 Å². The molecule has 0 saturated heterocycles. The van der Waals surface area contributed by atoms with Gasteiger partial charge in [-0.1, -0.05) is 30.3 Å². The number of carbonyl (C=O) groups is 1. The van der Waals surface area contributed by atoms with Crippen LogP contribution in [0.4, 0.5) is 11.5 Å². The van der Waals surface area contributed by atoms with Crippen molar-refractivity contribution in [2.24, 2.45) is 0 Å². The Morgan fingerprint density at radius 2 is 1.73 bits per heavy atom. The highest BCUT2D eigenvalue weighted by Gasteiger charge is 2.13. The van der Waals surface area contributed by atoms with E-state index in [0.29, 0.717) is 11.4 Å². The fraction of sp³-hybridized carbons (Fsp3) is 0.100. The smallest absolute Gasteiger partial charge is 0.272 e. The lowest BCUT2D eigenvalue weighted by Gasteiger charge is -2.13. The first kappa shape index (κ1) is 17.1. The molecule has 0 bridgehead atoms. The van der Waals surface area contributed by atoms with Gasteiger partial charge in [0.25, 0.3) is 5.91 Å². The molecule has 6 heteroatoms. The predicted octanol–water partition coefficient (Wildman–Crippen LogP) is 3.58. The third-order valence-corrected chi connectivity index (χ3v) is 3.83. The maximum absolute atomic E-state index is 12.3. The maximum atomic E-state index is 12.3. The van der Waals surface area contributed by atoms with Crippen LogP contribution in [0.3, 0.4) is 0 Å². The molecule has 6 nitrogen and oxygen atoms in total. The molecule has 0 saturated carbocycles. The molecule has 0 radical (unpaired) electrons. The summed E-state index contributed by atoms with van der Waals surface area (Å²) in [6, 6.07) is 21.9. The van der Waals surface area contributed by atoms with Crippen LogP contribution in [-0.2, 0) is 0 Å². The molecule has 1 atom stereocenters. The van der Waals surface area contributed by atoms with Gasteiger partial charge in [-0.05, 0) is 48.9 Å². The number of nitrogens with one attached hydrogen (secondary N) is 2. The largest absolute Gasteiger partial charge is 0.344 e. The molecule has 3 aromatic rings. The minimum Gasteiger partial charge on any atom is -0.344 e. The van der Waals surface area contributed by atoms with Crippen LogP contribution in [0.15, 0.2) is 66.7 Å². The van der Waals surface area contributed by atoms with E-state index in [1.807, 2.05) is 37.3 Å². The van der Waals surface area contributed by atoms with Crippen molar-refractivity contribution in [3.8, 4) is 6.07 Å². The van der Waals surface area contributed by atoms with Gasteiger partial charge in [0.05, 0.1) is 17.7 Å². The van der Waals surface area contributed by atoms with Gasteiger partial charge in [-0.2, -0.15) is 5.26 Å². The van der Waals surface area contributed by atoms with Gasteiger partial charge in [0, 0.05) is 5.69 Å². The zero-order valence-corrected chi connectivity index (χ0v) is 14.2. The Kier molecular flexibility index (Phi) is 5.20. The summed E-state index contributed by atoms with van der Waals surface area (Å²) in [5.41, 5.74) is 2.64. The van der Waals surface area contributed by atoms with Crippen molar-refractivity contribution in [3.63, 3.8) is 0 Å². The van der Waals surface area contributed by atoms with Gasteiger partial charge >= 0.3 is 0 Å². The van der Waals surface area contributed by atoms with E-state index in [-0.39, 0.29) is 17.6 Å². The molecular weight excluding hydrogens is 326 g/mol. The summed E-state index contributed by atoms with van der Waals surface area (Å²) in [7, 11) is 0. The summed E-state index contributed by atoms with van der Waals surface area (Å²) in [6.07, 6.45) is 0. The van der Waals surface area contributed by atoms with E-state index in [1.54, 1.807) is 36.4 Å². The Morgan fingerprint density at radius 1 is 1.00 bits per heavy atom. The SMILES string of the molecule is CC(NC(=O)c1ccc(Nc2ccc(C#N)cc2)nn1)c1ccccc1. The van der Waals surface area contributed by atoms with E-state index in [0.717, 1.165) is 11.3 Å². The molecule has 3 rings (SSSR count). The van der Waals surface area contributed by atoms with Gasteiger partial charge in [-0.25, -0.2) is 0 Å². The molecule has 1 aromatic heterocycles. The monoisotopic (exact) mass is 343 g/mol. The Bertz CT molecular complexity index is 915. The van der Waals surface area contributed by atoms with Gasteiger partial charge in [-0.15, -0.1) is 10.2 Å². The van der Waals surface area contributed by atoms with Gasteiger partial charge < -0.3 is 10.6 Å². The average molecular weight is 343 g/mol. The van der Waals surface area contributed by atoms with Gasteiger partial charge in [0.1, 0.15) is 0 Å². The van der Waals surface area contributed by atoms with Crippen LogP contribution < -0.4 is 10.6 Å². The summed E-state index contributed by atoms with van der Waals surface area (Å²) in [5, 5.41) is 22.8. The van der Waals surface area contributed by atoms with Crippen molar-refractivity contribution in [3.05, 3.63) is 83.6 Å². The zero-order valence-electron chi connectivity index (χ0n) is 14.2. The molecule has 26 heavy (non-hydrogen) atoms. The van der Waals surface area contributed by atoms with Crippen molar-refractivity contribution < 1.29 is 4.79 Å². The van der Waals surface area contributed by atoms with Crippen LogP contribution in [0.2, 0.25) is 0 Å². The number of carbonyl (C=O) groups excluding carboxylic acids is 1. The zero-order chi connectivity index (χ0) is 18.4. The van der Waals surface area contributed by atoms with Gasteiger partial charge in [0.2, 0.25) is 0 Å². The van der Waals surface area contributed by atoms with E-state index in [1.165, 1.54) is 0 Å². The Balaban J connectivity index is 1.63. The lowest BCUT2D eigenvalue weighted by atomic mass is 10.1. The summed E-state index contributed by atoms with van der Waals surface area (Å²) in [6.45, 7) is 1.92. The number of benzene rings is 2. The molecule has 0 aliphatic heterocycles. The predicted molar refractivity (Wildman–Crippen MR) is 98.8 cm³/mol. The van der Waals surface area contributed by atoms with E-state index >= 15 is 0 Å². The fourth-order valence-electron chi connectivity index (χ4n) is 2.39. The Morgan fingerprint density at radius 3 is 2.35 bits per heavy atom. The second-order valence-electron chi connectivity index (χ2n) is 5.72. The first-order chi connectivity index (χ1) is 12.7. The number of rotatable bonds is 5. The highest BCUT2D eigenvalue weighted by atomic mass is 16.2. The average Bonchev–Trinajstić information content (AvgIpc) is 2.69. The van der Waals surface area contributed by atoms with Crippen molar-refractivity contribution in [1.29, 1.82) is 5.26 Å². The molecule has 128 valence electrons. The number of anilines is 2.